The van der Waals surface area contributed by atoms with E-state index in [9.17, 15) is 4.79 Å². The van der Waals surface area contributed by atoms with Gasteiger partial charge >= 0.3 is 0 Å². The summed E-state index contributed by atoms with van der Waals surface area (Å²) >= 11 is 0. The summed E-state index contributed by atoms with van der Waals surface area (Å²) in [5.74, 6) is 0. The molecule has 2 rings (SSSR count). The van der Waals surface area contributed by atoms with Gasteiger partial charge in [0.05, 0.1) is 12.3 Å². The minimum absolute atomic E-state index is 0.0872. The molecule has 0 atom stereocenters. The highest BCUT2D eigenvalue weighted by Crippen LogP contribution is 2.18. The number of aryl methyl sites for hydroxylation is 1. The average molecular weight is 230 g/mol. The SMILES string of the molecule is [C-]#[N+]c1c[nH]n2c(=O)c(CC)c(CCC)nc12. The molecule has 1 N–H and O–H groups in total. The van der Waals surface area contributed by atoms with Crippen molar-refractivity contribution in [2.45, 2.75) is 33.1 Å². The van der Waals surface area contributed by atoms with Crippen LogP contribution in [0.15, 0.2) is 11.0 Å². The van der Waals surface area contributed by atoms with Crippen molar-refractivity contribution >= 4 is 11.3 Å². The fraction of sp³-hybridized carbons (Fsp3) is 0.417. The summed E-state index contributed by atoms with van der Waals surface area (Å²) in [7, 11) is 0. The first-order chi connectivity index (χ1) is 8.22. The number of rotatable bonds is 3. The molecule has 5 nitrogen and oxygen atoms in total. The van der Waals surface area contributed by atoms with E-state index in [-0.39, 0.29) is 5.56 Å². The highest BCUT2D eigenvalue weighted by molar-refractivity contribution is 5.67. The third kappa shape index (κ3) is 1.72. The van der Waals surface area contributed by atoms with Crippen molar-refractivity contribution in [1.29, 1.82) is 0 Å². The molecular weight excluding hydrogens is 216 g/mol. The lowest BCUT2D eigenvalue weighted by Gasteiger charge is -2.06. The molecule has 0 aromatic carbocycles. The Balaban J connectivity index is 2.81. The van der Waals surface area contributed by atoms with E-state index in [1.165, 1.54) is 10.7 Å². The molecule has 17 heavy (non-hydrogen) atoms. The lowest BCUT2D eigenvalue weighted by Crippen LogP contribution is -2.22. The van der Waals surface area contributed by atoms with Gasteiger partial charge in [-0.2, -0.15) is 0 Å². The van der Waals surface area contributed by atoms with E-state index in [1.54, 1.807) is 0 Å². The van der Waals surface area contributed by atoms with E-state index in [0.29, 0.717) is 17.8 Å². The van der Waals surface area contributed by atoms with Gasteiger partial charge in [-0.25, -0.2) is 14.3 Å². The quantitative estimate of drug-likeness (QED) is 0.821. The van der Waals surface area contributed by atoms with E-state index < -0.39 is 0 Å². The van der Waals surface area contributed by atoms with Crippen LogP contribution in [0.3, 0.4) is 0 Å². The molecule has 0 radical (unpaired) electrons. The highest BCUT2D eigenvalue weighted by atomic mass is 16.1. The molecule has 0 saturated heterocycles. The molecule has 2 aromatic heterocycles. The summed E-state index contributed by atoms with van der Waals surface area (Å²) in [6.45, 7) is 11.0. The first-order valence-corrected chi connectivity index (χ1v) is 5.72. The lowest BCUT2D eigenvalue weighted by molar-refractivity contribution is 0.804. The first-order valence-electron chi connectivity index (χ1n) is 5.72. The summed E-state index contributed by atoms with van der Waals surface area (Å²) in [6, 6.07) is 0. The Hall–Kier alpha value is -2.09. The van der Waals surface area contributed by atoms with Crippen LogP contribution >= 0.6 is 0 Å². The zero-order valence-corrected chi connectivity index (χ0v) is 9.95. The second-order valence-electron chi connectivity index (χ2n) is 3.88. The van der Waals surface area contributed by atoms with Gasteiger partial charge in [0.1, 0.15) is 0 Å². The molecule has 88 valence electrons. The van der Waals surface area contributed by atoms with Gasteiger partial charge in [-0.1, -0.05) is 20.3 Å². The van der Waals surface area contributed by atoms with Gasteiger partial charge < -0.3 is 5.10 Å². The molecule has 0 bridgehead atoms. The Morgan fingerprint density at radius 1 is 1.53 bits per heavy atom. The molecule has 0 saturated carbocycles. The summed E-state index contributed by atoms with van der Waals surface area (Å²) in [5, 5.41) is 2.78. The Kier molecular flexibility index (Phi) is 2.96. The summed E-state index contributed by atoms with van der Waals surface area (Å²) in [4.78, 5) is 20.0. The zero-order chi connectivity index (χ0) is 12.4. The van der Waals surface area contributed by atoms with Gasteiger partial charge in [0.25, 0.3) is 5.56 Å². The standard InChI is InChI=1S/C12H14N4O/c1-4-6-9-8(5-2)12(17)16-11(15-9)10(13-3)7-14-16/h7,14H,4-6H2,1-2H3. The molecule has 0 spiro atoms. The predicted octanol–water partition coefficient (Wildman–Crippen LogP) is 2.09. The number of nitrogens with one attached hydrogen (secondary N) is 1. The fourth-order valence-corrected chi connectivity index (χ4v) is 1.96. The number of H-pyrrole nitrogens is 1. The summed E-state index contributed by atoms with van der Waals surface area (Å²) in [6.07, 6.45) is 3.90. The Labute approximate surface area is 98.9 Å². The van der Waals surface area contributed by atoms with Crippen molar-refractivity contribution in [3.05, 3.63) is 39.2 Å². The lowest BCUT2D eigenvalue weighted by atomic mass is 10.1. The Morgan fingerprint density at radius 2 is 2.29 bits per heavy atom. The second-order valence-corrected chi connectivity index (χ2v) is 3.88. The number of nitrogens with zero attached hydrogens (tertiary/aromatic N) is 3. The topological polar surface area (TPSA) is 54.5 Å². The Bertz CT molecular complexity index is 645. The van der Waals surface area contributed by atoms with Crippen molar-refractivity contribution in [3.63, 3.8) is 0 Å². The molecule has 0 aliphatic rings. The largest absolute Gasteiger partial charge is 0.308 e. The van der Waals surface area contributed by atoms with E-state index in [0.717, 1.165) is 24.1 Å². The highest BCUT2D eigenvalue weighted by Gasteiger charge is 2.13. The molecule has 2 heterocycles. The summed E-state index contributed by atoms with van der Waals surface area (Å²) < 4.78 is 1.35. The maximum absolute atomic E-state index is 12.2. The number of hydrogen-bond acceptors (Lipinski definition) is 2. The van der Waals surface area contributed by atoms with Gasteiger partial charge in [0, 0.05) is 11.8 Å². The minimum atomic E-state index is -0.0872. The number of aromatic amines is 1. The number of hydrogen-bond donors (Lipinski definition) is 1. The smallest absolute Gasteiger partial charge is 0.274 e. The van der Waals surface area contributed by atoms with Crippen LogP contribution in [-0.2, 0) is 12.8 Å². The van der Waals surface area contributed by atoms with E-state index in [2.05, 4.69) is 21.9 Å². The molecular formula is C12H14N4O. The van der Waals surface area contributed by atoms with Gasteiger partial charge in [0.15, 0.2) is 5.65 Å². The monoisotopic (exact) mass is 230 g/mol. The molecule has 5 heteroatoms. The van der Waals surface area contributed by atoms with Crippen LogP contribution < -0.4 is 5.56 Å². The van der Waals surface area contributed by atoms with E-state index >= 15 is 0 Å². The van der Waals surface area contributed by atoms with Crippen molar-refractivity contribution in [1.82, 2.24) is 14.6 Å². The minimum Gasteiger partial charge on any atom is -0.308 e. The molecule has 0 fully saturated rings. The van der Waals surface area contributed by atoms with Crippen molar-refractivity contribution < 1.29 is 0 Å². The van der Waals surface area contributed by atoms with Crippen LogP contribution in [0, 0.1) is 6.57 Å². The van der Waals surface area contributed by atoms with Crippen LogP contribution in [0.4, 0.5) is 5.69 Å². The van der Waals surface area contributed by atoms with E-state index in [1.807, 2.05) is 6.92 Å². The predicted molar refractivity (Wildman–Crippen MR) is 65.4 cm³/mol. The molecule has 0 amide bonds. The van der Waals surface area contributed by atoms with Gasteiger partial charge in [-0.3, -0.25) is 4.79 Å². The maximum atomic E-state index is 12.2. The van der Waals surface area contributed by atoms with Crippen LogP contribution in [-0.4, -0.2) is 14.6 Å². The van der Waals surface area contributed by atoms with Crippen molar-refractivity contribution in [2.75, 3.05) is 0 Å². The second kappa shape index (κ2) is 4.42. The summed E-state index contributed by atoms with van der Waals surface area (Å²) in [5.41, 5.74) is 2.30. The molecule has 0 aliphatic heterocycles. The molecule has 0 aliphatic carbocycles. The van der Waals surface area contributed by atoms with Crippen LogP contribution in [0.2, 0.25) is 0 Å². The Morgan fingerprint density at radius 3 is 2.88 bits per heavy atom. The maximum Gasteiger partial charge on any atom is 0.274 e. The fourth-order valence-electron chi connectivity index (χ4n) is 1.96. The van der Waals surface area contributed by atoms with Gasteiger partial charge in [-0.05, 0) is 12.8 Å². The average Bonchev–Trinajstić information content (AvgIpc) is 2.73. The third-order valence-electron chi connectivity index (χ3n) is 2.78. The van der Waals surface area contributed by atoms with Gasteiger partial charge in [0.2, 0.25) is 5.69 Å². The van der Waals surface area contributed by atoms with Gasteiger partial charge in [-0.15, -0.1) is 0 Å². The van der Waals surface area contributed by atoms with Crippen LogP contribution in [0.5, 0.6) is 0 Å². The molecule has 0 unspecified atom stereocenters. The normalized spacial score (nSPS) is 10.6. The number of fused-ring (bicyclic) bond motifs is 1. The van der Waals surface area contributed by atoms with Crippen molar-refractivity contribution in [2.24, 2.45) is 0 Å². The van der Waals surface area contributed by atoms with Crippen molar-refractivity contribution in [3.8, 4) is 0 Å². The van der Waals surface area contributed by atoms with E-state index in [4.69, 9.17) is 6.57 Å². The first kappa shape index (κ1) is 11.4. The van der Waals surface area contributed by atoms with Crippen LogP contribution in [0.25, 0.3) is 10.5 Å². The third-order valence-corrected chi connectivity index (χ3v) is 2.78. The zero-order valence-electron chi connectivity index (χ0n) is 9.95. The number of aromatic nitrogens is 3. The molecule has 2 aromatic rings. The van der Waals surface area contributed by atoms with Crippen LogP contribution in [0.1, 0.15) is 31.5 Å².